The lowest BCUT2D eigenvalue weighted by Gasteiger charge is -2.37. The molecule has 9 nitrogen and oxygen atoms in total. The summed E-state index contributed by atoms with van der Waals surface area (Å²) in [6, 6.07) is 11.8. The number of nitrogens with one attached hydrogen (secondary N) is 2. The number of alkyl halides is 3. The van der Waals surface area contributed by atoms with E-state index in [-0.39, 0.29) is 23.7 Å². The first-order chi connectivity index (χ1) is 18.6. The van der Waals surface area contributed by atoms with Gasteiger partial charge in [-0.15, -0.1) is 0 Å². The highest BCUT2D eigenvalue weighted by atomic mass is 32.2. The van der Waals surface area contributed by atoms with Crippen LogP contribution in [0.4, 0.5) is 18.9 Å². The Labute approximate surface area is 229 Å². The van der Waals surface area contributed by atoms with Crippen molar-refractivity contribution >= 4 is 27.3 Å². The van der Waals surface area contributed by atoms with Crippen molar-refractivity contribution in [3.63, 3.8) is 0 Å². The number of rotatable bonds is 8. The van der Waals surface area contributed by atoms with Crippen LogP contribution in [0.3, 0.4) is 0 Å². The normalized spacial score (nSPS) is 17.2. The van der Waals surface area contributed by atoms with Gasteiger partial charge in [-0.2, -0.15) is 18.3 Å². The molecule has 4 rings (SSSR count). The molecule has 3 aromatic rings. The average Bonchev–Trinajstić information content (AvgIpc) is 3.19. The third-order valence-electron chi connectivity index (χ3n) is 6.46. The summed E-state index contributed by atoms with van der Waals surface area (Å²) in [4.78, 5) is 26.1. The quantitative estimate of drug-likeness (QED) is 0.417. The minimum atomic E-state index is -4.48. The van der Waals surface area contributed by atoms with E-state index in [4.69, 9.17) is 4.74 Å². The summed E-state index contributed by atoms with van der Waals surface area (Å²) in [5.74, 6) is -2.09. The van der Waals surface area contributed by atoms with Gasteiger partial charge in [-0.1, -0.05) is 42.8 Å². The fourth-order valence-electron chi connectivity index (χ4n) is 4.71. The van der Waals surface area contributed by atoms with Gasteiger partial charge in [-0.25, -0.2) is 8.42 Å². The van der Waals surface area contributed by atoms with E-state index in [1.807, 2.05) is 26.0 Å². The summed E-state index contributed by atoms with van der Waals surface area (Å²) in [5.41, 5.74) is 2.36. The molecule has 214 valence electrons. The van der Waals surface area contributed by atoms with Crippen LogP contribution in [0.2, 0.25) is 0 Å². The minimum absolute atomic E-state index is 0.0538. The van der Waals surface area contributed by atoms with Crippen molar-refractivity contribution in [2.75, 3.05) is 23.9 Å². The van der Waals surface area contributed by atoms with Crippen molar-refractivity contribution in [1.29, 1.82) is 0 Å². The number of carbonyl (C=O) groups excluding carboxylic acids is 2. The summed E-state index contributed by atoms with van der Waals surface area (Å²) in [6.07, 6.45) is -3.09. The van der Waals surface area contributed by atoms with E-state index in [1.165, 1.54) is 16.8 Å². The standard InChI is InChI=1S/C27H29F3N4O5S/c1-5-17-12-19(39-15-27(28,29)30)10-11-20(17)26(3)14-34-24(25(36)32-26)23(31-21(35)13-40(4,37)38)22(33-34)18-8-6-16(2)7-9-18/h6-12H,5,13-15H2,1-4H3,(H,31,35)(H,32,36)/t26-/m1/s1. The largest absolute Gasteiger partial charge is 0.484 e. The highest BCUT2D eigenvalue weighted by molar-refractivity contribution is 7.91. The van der Waals surface area contributed by atoms with E-state index in [9.17, 15) is 31.2 Å². The lowest BCUT2D eigenvalue weighted by atomic mass is 9.85. The molecule has 0 saturated carbocycles. The average molecular weight is 579 g/mol. The van der Waals surface area contributed by atoms with Gasteiger partial charge < -0.3 is 15.4 Å². The molecular weight excluding hydrogens is 549 g/mol. The lowest BCUT2D eigenvalue weighted by Crippen LogP contribution is -2.52. The SMILES string of the molecule is CCc1cc(OCC(F)(F)F)ccc1[C@@]1(C)Cn2nc(-c3ccc(C)cc3)c(NC(=O)CS(C)(=O)=O)c2C(=O)N1. The summed E-state index contributed by atoms with van der Waals surface area (Å²) in [6.45, 7) is 4.22. The van der Waals surface area contributed by atoms with Gasteiger partial charge >= 0.3 is 6.18 Å². The summed E-state index contributed by atoms with van der Waals surface area (Å²) in [7, 11) is -3.64. The van der Waals surface area contributed by atoms with Gasteiger partial charge in [0.25, 0.3) is 5.91 Å². The molecule has 2 aromatic carbocycles. The van der Waals surface area contributed by atoms with Gasteiger partial charge in [-0.3, -0.25) is 14.3 Å². The molecule has 2 amide bonds. The molecule has 13 heteroatoms. The Morgan fingerprint density at radius 1 is 1.20 bits per heavy atom. The molecule has 0 aliphatic carbocycles. The van der Waals surface area contributed by atoms with Crippen molar-refractivity contribution < 1.29 is 35.9 Å². The first-order valence-electron chi connectivity index (χ1n) is 12.4. The van der Waals surface area contributed by atoms with Crippen molar-refractivity contribution in [3.8, 4) is 17.0 Å². The fraction of sp³-hybridized carbons (Fsp3) is 0.370. The van der Waals surface area contributed by atoms with Crippen molar-refractivity contribution in [3.05, 3.63) is 64.8 Å². The topological polar surface area (TPSA) is 119 Å². The molecule has 0 spiro atoms. The number of amides is 2. The molecule has 1 aromatic heterocycles. The molecule has 2 heterocycles. The zero-order chi connectivity index (χ0) is 29.5. The Morgan fingerprint density at radius 3 is 2.48 bits per heavy atom. The number of hydrogen-bond donors (Lipinski definition) is 2. The summed E-state index contributed by atoms with van der Waals surface area (Å²) in [5, 5.41) is 10.2. The van der Waals surface area contributed by atoms with Crippen LogP contribution in [0, 0.1) is 6.92 Å². The number of fused-ring (bicyclic) bond motifs is 1. The van der Waals surface area contributed by atoms with Crippen LogP contribution in [-0.4, -0.2) is 54.8 Å². The van der Waals surface area contributed by atoms with Gasteiger partial charge in [0.2, 0.25) is 5.91 Å². The van der Waals surface area contributed by atoms with Crippen molar-refractivity contribution in [1.82, 2.24) is 15.1 Å². The molecule has 0 saturated heterocycles. The number of sulfone groups is 1. The fourth-order valence-corrected chi connectivity index (χ4v) is 5.26. The van der Waals surface area contributed by atoms with Gasteiger partial charge in [-0.05, 0) is 43.5 Å². The van der Waals surface area contributed by atoms with Crippen LogP contribution < -0.4 is 15.4 Å². The number of nitrogens with zero attached hydrogens (tertiary/aromatic N) is 2. The molecule has 0 fully saturated rings. The molecule has 0 bridgehead atoms. The van der Waals surface area contributed by atoms with E-state index in [2.05, 4.69) is 15.7 Å². The third-order valence-corrected chi connectivity index (χ3v) is 7.25. The van der Waals surface area contributed by atoms with E-state index < -0.39 is 45.7 Å². The van der Waals surface area contributed by atoms with Crippen LogP contribution in [0.15, 0.2) is 42.5 Å². The smallest absolute Gasteiger partial charge is 0.422 e. The number of hydrogen-bond acceptors (Lipinski definition) is 6. The zero-order valence-electron chi connectivity index (χ0n) is 22.3. The zero-order valence-corrected chi connectivity index (χ0v) is 23.2. The predicted octanol–water partition coefficient (Wildman–Crippen LogP) is 4.00. The van der Waals surface area contributed by atoms with Gasteiger partial charge in [0.15, 0.2) is 22.1 Å². The Kier molecular flexibility index (Phi) is 7.72. The number of ether oxygens (including phenoxy) is 1. The molecule has 1 aliphatic rings. The number of aromatic nitrogens is 2. The van der Waals surface area contributed by atoms with Gasteiger partial charge in [0, 0.05) is 11.8 Å². The molecular formula is C27H29F3N4O5S. The number of benzene rings is 2. The second-order valence-electron chi connectivity index (χ2n) is 10.1. The maximum atomic E-state index is 13.5. The Hall–Kier alpha value is -3.87. The maximum absolute atomic E-state index is 13.5. The van der Waals surface area contributed by atoms with Gasteiger partial charge in [0.1, 0.15) is 22.9 Å². The minimum Gasteiger partial charge on any atom is -0.484 e. The van der Waals surface area contributed by atoms with E-state index >= 15 is 0 Å². The Morgan fingerprint density at radius 2 is 1.88 bits per heavy atom. The Balaban J connectivity index is 1.75. The first kappa shape index (κ1) is 29.1. The number of aryl methyl sites for hydroxylation is 2. The van der Waals surface area contributed by atoms with E-state index in [0.717, 1.165) is 11.8 Å². The van der Waals surface area contributed by atoms with Crippen LogP contribution in [0.1, 0.15) is 41.0 Å². The maximum Gasteiger partial charge on any atom is 0.422 e. The van der Waals surface area contributed by atoms with Crippen LogP contribution in [0.5, 0.6) is 5.75 Å². The number of carbonyl (C=O) groups is 2. The summed E-state index contributed by atoms with van der Waals surface area (Å²) >= 11 is 0. The third kappa shape index (κ3) is 6.46. The van der Waals surface area contributed by atoms with Crippen molar-refractivity contribution in [2.45, 2.75) is 45.5 Å². The molecule has 0 radical (unpaired) electrons. The van der Waals surface area contributed by atoms with Crippen LogP contribution >= 0.6 is 0 Å². The molecule has 2 N–H and O–H groups in total. The highest BCUT2D eigenvalue weighted by Crippen LogP contribution is 2.38. The monoisotopic (exact) mass is 578 g/mol. The van der Waals surface area contributed by atoms with Crippen molar-refractivity contribution in [2.24, 2.45) is 0 Å². The first-order valence-corrected chi connectivity index (χ1v) is 14.5. The molecule has 40 heavy (non-hydrogen) atoms. The Bertz CT molecular complexity index is 1570. The molecule has 1 atom stereocenters. The number of anilines is 1. The van der Waals surface area contributed by atoms with Gasteiger partial charge in [0.05, 0.1) is 12.1 Å². The van der Waals surface area contributed by atoms with Crippen LogP contribution in [-0.2, 0) is 33.1 Å². The highest BCUT2D eigenvalue weighted by Gasteiger charge is 2.41. The van der Waals surface area contributed by atoms with E-state index in [0.29, 0.717) is 28.8 Å². The van der Waals surface area contributed by atoms with E-state index in [1.54, 1.807) is 25.1 Å². The molecule has 1 aliphatic heterocycles. The molecule has 0 unspecified atom stereocenters. The number of halogens is 3. The second kappa shape index (κ2) is 10.6. The second-order valence-corrected chi connectivity index (χ2v) is 12.2. The summed E-state index contributed by atoms with van der Waals surface area (Å²) < 4.78 is 67.7. The lowest BCUT2D eigenvalue weighted by molar-refractivity contribution is -0.153. The predicted molar refractivity (Wildman–Crippen MR) is 143 cm³/mol. The van der Waals surface area contributed by atoms with Crippen LogP contribution in [0.25, 0.3) is 11.3 Å².